The molecule has 0 unspecified atom stereocenters. The van der Waals surface area contributed by atoms with Crippen molar-refractivity contribution in [3.63, 3.8) is 0 Å². The zero-order valence-corrected chi connectivity index (χ0v) is 27.9. The Morgan fingerprint density at radius 2 is 1.33 bits per heavy atom. The highest BCUT2D eigenvalue weighted by Gasteiger charge is 2.49. The fourth-order valence-corrected chi connectivity index (χ4v) is 6.19. The molecule has 7 atom stereocenters. The molecule has 0 spiro atoms. The fourth-order valence-electron chi connectivity index (χ4n) is 6.19. The van der Waals surface area contributed by atoms with Crippen molar-refractivity contribution in [2.24, 2.45) is 5.92 Å². The maximum atomic E-state index is 13.8. The Morgan fingerprint density at radius 3 is 1.88 bits per heavy atom. The Bertz CT molecular complexity index is 1620. The molecule has 49 heavy (non-hydrogen) atoms. The molecule has 6 rings (SSSR count). The predicted molar refractivity (Wildman–Crippen MR) is 180 cm³/mol. The summed E-state index contributed by atoms with van der Waals surface area (Å²) in [7, 11) is 0. The second kappa shape index (κ2) is 16.8. The highest BCUT2D eigenvalue weighted by molar-refractivity contribution is 5.85. The molecular formula is C38H44N4O7. The van der Waals surface area contributed by atoms with Gasteiger partial charge in [0.15, 0.2) is 0 Å². The van der Waals surface area contributed by atoms with Crippen LogP contribution in [-0.2, 0) is 66.2 Å². The summed E-state index contributed by atoms with van der Waals surface area (Å²) in [6, 6.07) is 28.8. The van der Waals surface area contributed by atoms with Crippen LogP contribution in [0.25, 0.3) is 0 Å². The van der Waals surface area contributed by atoms with E-state index in [0.717, 1.165) is 16.7 Å². The number of nitrogens with zero attached hydrogens (tertiary/aromatic N) is 3. The van der Waals surface area contributed by atoms with Gasteiger partial charge < -0.3 is 29.0 Å². The summed E-state index contributed by atoms with van der Waals surface area (Å²) in [6.07, 6.45) is -0.979. The Balaban J connectivity index is 1.38. The van der Waals surface area contributed by atoms with Gasteiger partial charge in [0.2, 0.25) is 5.91 Å². The molecule has 2 aliphatic heterocycles. The highest BCUT2D eigenvalue weighted by atomic mass is 16.6. The van der Waals surface area contributed by atoms with Crippen LogP contribution in [0.4, 0.5) is 0 Å². The van der Waals surface area contributed by atoms with Gasteiger partial charge in [0.05, 0.1) is 45.1 Å². The lowest BCUT2D eigenvalue weighted by Gasteiger charge is -2.46. The Kier molecular flexibility index (Phi) is 11.8. The number of carbonyl (C=O) groups is 2. The molecule has 1 fully saturated rings. The molecule has 3 heterocycles. The van der Waals surface area contributed by atoms with E-state index in [4.69, 9.17) is 23.7 Å². The first-order valence-corrected chi connectivity index (χ1v) is 16.9. The van der Waals surface area contributed by atoms with E-state index >= 15 is 0 Å². The van der Waals surface area contributed by atoms with E-state index in [1.807, 2.05) is 105 Å². The summed E-state index contributed by atoms with van der Waals surface area (Å²) in [6.45, 7) is 4.93. The van der Waals surface area contributed by atoms with Crippen LogP contribution in [-0.4, -0.2) is 63.4 Å². The first kappa shape index (κ1) is 34.4. The SMILES string of the molecule is CC[C@H](C)[C@@H]1NC(=O)C[C@@H]2O[C@H](Cn3cc(nn3)COC1=O)[C@@H](OCc1ccccc1)[C@H](OCc1ccccc1)[C@H]2OCc1ccccc1. The number of fused-ring (bicyclic) bond motifs is 4. The lowest BCUT2D eigenvalue weighted by molar-refractivity contribution is -0.267. The number of hydrogen-bond donors (Lipinski definition) is 1. The number of rotatable bonds is 11. The van der Waals surface area contributed by atoms with Gasteiger partial charge in [-0.05, 0) is 22.6 Å². The number of esters is 1. The van der Waals surface area contributed by atoms with Gasteiger partial charge in [-0.2, -0.15) is 0 Å². The summed E-state index contributed by atoms with van der Waals surface area (Å²) >= 11 is 0. The quantitative estimate of drug-likeness (QED) is 0.225. The van der Waals surface area contributed by atoms with Gasteiger partial charge >= 0.3 is 5.97 Å². The van der Waals surface area contributed by atoms with Gasteiger partial charge in [-0.1, -0.05) is 116 Å². The molecule has 4 aromatic rings. The van der Waals surface area contributed by atoms with Gasteiger partial charge in [0, 0.05) is 0 Å². The van der Waals surface area contributed by atoms with Gasteiger partial charge in [0.25, 0.3) is 0 Å². The van der Waals surface area contributed by atoms with Crippen LogP contribution in [0.5, 0.6) is 0 Å². The smallest absolute Gasteiger partial charge is 0.329 e. The second-order valence-electron chi connectivity index (χ2n) is 12.7. The van der Waals surface area contributed by atoms with Crippen LogP contribution in [0.1, 0.15) is 49.1 Å². The van der Waals surface area contributed by atoms with Crippen molar-refractivity contribution in [1.29, 1.82) is 0 Å². The number of benzene rings is 3. The third-order valence-corrected chi connectivity index (χ3v) is 9.07. The summed E-state index contributed by atoms with van der Waals surface area (Å²) in [5, 5.41) is 11.5. The van der Waals surface area contributed by atoms with Crippen molar-refractivity contribution in [3.8, 4) is 0 Å². The summed E-state index contributed by atoms with van der Waals surface area (Å²) < 4.78 is 34.2. The minimum absolute atomic E-state index is 0.0675. The van der Waals surface area contributed by atoms with Gasteiger partial charge in [-0.15, -0.1) is 5.10 Å². The fraction of sp³-hybridized carbons (Fsp3) is 0.421. The summed E-state index contributed by atoms with van der Waals surface area (Å²) in [4.78, 5) is 27.0. The topological polar surface area (TPSA) is 123 Å². The molecule has 2 aliphatic rings. The standard InChI is InChI=1S/C38H44N4O7/c1-3-26(2)34-38(44)48-25-30-20-42(41-40-30)21-32-36(46-23-28-15-9-5-10-16-28)37(47-24-29-17-11-6-12-18-29)35(31(49-32)19-33(43)39-34)45-22-27-13-7-4-8-14-27/h4-18,20,26,31-32,34-37H,3,19,21-25H2,1-2H3,(H,39,43)/t26-,31-,32+,34-,35-,36+,37+/m0/s1. The van der Waals surface area contributed by atoms with Crippen molar-refractivity contribution in [1.82, 2.24) is 20.3 Å². The van der Waals surface area contributed by atoms with Gasteiger partial charge in [-0.25, -0.2) is 9.48 Å². The number of hydrogen-bond acceptors (Lipinski definition) is 9. The highest BCUT2D eigenvalue weighted by Crippen LogP contribution is 2.33. The van der Waals surface area contributed by atoms with Gasteiger partial charge in [0.1, 0.15) is 42.8 Å². The number of ether oxygens (including phenoxy) is 5. The van der Waals surface area contributed by atoms with Crippen LogP contribution in [0.15, 0.2) is 97.2 Å². The van der Waals surface area contributed by atoms with E-state index in [0.29, 0.717) is 25.3 Å². The van der Waals surface area contributed by atoms with Gasteiger partial charge in [-0.3, -0.25) is 4.79 Å². The largest absolute Gasteiger partial charge is 0.458 e. The first-order chi connectivity index (χ1) is 24.0. The predicted octanol–water partition coefficient (Wildman–Crippen LogP) is 4.78. The molecule has 11 nitrogen and oxygen atoms in total. The Hall–Kier alpha value is -4.42. The van der Waals surface area contributed by atoms with Crippen LogP contribution < -0.4 is 5.32 Å². The third kappa shape index (κ3) is 9.18. The van der Waals surface area contributed by atoms with E-state index in [2.05, 4.69) is 15.6 Å². The van der Waals surface area contributed by atoms with Crippen LogP contribution in [0.3, 0.4) is 0 Å². The van der Waals surface area contributed by atoms with Crippen molar-refractivity contribution < 1.29 is 33.3 Å². The number of amides is 1. The summed E-state index contributed by atoms with van der Waals surface area (Å²) in [5.41, 5.74) is 3.43. The molecule has 0 saturated carbocycles. The molecule has 11 heteroatoms. The Labute approximate surface area is 286 Å². The monoisotopic (exact) mass is 668 g/mol. The molecule has 1 N–H and O–H groups in total. The number of cyclic esters (lactones) is 1. The maximum absolute atomic E-state index is 13.8. The van der Waals surface area contributed by atoms with E-state index in [9.17, 15) is 9.59 Å². The normalized spacial score (nSPS) is 25.1. The minimum atomic E-state index is -0.842. The second-order valence-corrected chi connectivity index (χ2v) is 12.7. The minimum Gasteiger partial charge on any atom is -0.458 e. The van der Waals surface area contributed by atoms with Crippen molar-refractivity contribution in [3.05, 3.63) is 120 Å². The van der Waals surface area contributed by atoms with E-state index in [1.54, 1.807) is 10.9 Å². The van der Waals surface area contributed by atoms with Crippen molar-refractivity contribution in [2.45, 2.75) is 96.2 Å². The number of aromatic nitrogens is 3. The zero-order valence-electron chi connectivity index (χ0n) is 27.9. The molecular weight excluding hydrogens is 624 g/mol. The van der Waals surface area contributed by atoms with E-state index in [1.165, 1.54) is 0 Å². The molecule has 0 radical (unpaired) electrons. The summed E-state index contributed by atoms with van der Waals surface area (Å²) in [5.74, 6) is -1.03. The number of nitrogens with one attached hydrogen (secondary N) is 1. The van der Waals surface area contributed by atoms with Crippen LogP contribution in [0, 0.1) is 5.92 Å². The maximum Gasteiger partial charge on any atom is 0.329 e. The lowest BCUT2D eigenvalue weighted by Crippen LogP contribution is -2.62. The van der Waals surface area contributed by atoms with E-state index < -0.39 is 42.5 Å². The lowest BCUT2D eigenvalue weighted by atomic mass is 9.91. The molecule has 3 aromatic carbocycles. The van der Waals surface area contributed by atoms with Crippen LogP contribution >= 0.6 is 0 Å². The number of carbonyl (C=O) groups excluding carboxylic acids is 2. The van der Waals surface area contributed by atoms with Crippen molar-refractivity contribution in [2.75, 3.05) is 0 Å². The molecule has 1 amide bonds. The average molecular weight is 669 g/mol. The molecule has 258 valence electrons. The molecule has 4 bridgehead atoms. The first-order valence-electron chi connectivity index (χ1n) is 16.9. The molecule has 1 saturated heterocycles. The molecule has 1 aromatic heterocycles. The molecule has 0 aliphatic carbocycles. The third-order valence-electron chi connectivity index (χ3n) is 9.07. The Morgan fingerprint density at radius 1 is 0.796 bits per heavy atom. The zero-order chi connectivity index (χ0) is 34.0. The van der Waals surface area contributed by atoms with E-state index in [-0.39, 0.29) is 38.0 Å². The van der Waals surface area contributed by atoms with Crippen LogP contribution in [0.2, 0.25) is 0 Å². The average Bonchev–Trinajstić information content (AvgIpc) is 3.58. The van der Waals surface area contributed by atoms with Crippen molar-refractivity contribution >= 4 is 11.9 Å².